The first-order valence-electron chi connectivity index (χ1n) is 8.38. The summed E-state index contributed by atoms with van der Waals surface area (Å²) in [6.07, 6.45) is 5.27. The highest BCUT2D eigenvalue weighted by atomic mass is 16.3. The number of benzene rings is 1. The summed E-state index contributed by atoms with van der Waals surface area (Å²) in [5, 5.41) is 22.2. The normalized spacial score (nSPS) is 26.9. The Balaban J connectivity index is 1.42. The van der Waals surface area contributed by atoms with Crippen molar-refractivity contribution in [3.8, 4) is 6.07 Å². The van der Waals surface area contributed by atoms with E-state index in [1.54, 1.807) is 0 Å². The van der Waals surface area contributed by atoms with Crippen LogP contribution in [0.2, 0.25) is 0 Å². The third-order valence-electron chi connectivity index (χ3n) is 4.95. The summed E-state index contributed by atoms with van der Waals surface area (Å²) in [6, 6.07) is 11.2. The molecule has 1 aliphatic carbocycles. The van der Waals surface area contributed by atoms with E-state index in [0.29, 0.717) is 12.1 Å². The van der Waals surface area contributed by atoms with Gasteiger partial charge in [0.15, 0.2) is 0 Å². The molecule has 4 heteroatoms. The van der Waals surface area contributed by atoms with Crippen LogP contribution in [0.15, 0.2) is 24.3 Å². The lowest BCUT2D eigenvalue weighted by Crippen LogP contribution is -2.45. The first-order valence-corrected chi connectivity index (χ1v) is 8.38. The molecule has 1 aromatic rings. The number of aliphatic hydroxyl groups excluding tert-OH is 1. The molecule has 1 aromatic carbocycles. The van der Waals surface area contributed by atoms with Crippen LogP contribution in [0.5, 0.6) is 0 Å². The maximum Gasteiger partial charge on any atom is 0.0991 e. The molecule has 2 atom stereocenters. The quantitative estimate of drug-likeness (QED) is 0.893. The summed E-state index contributed by atoms with van der Waals surface area (Å²) in [7, 11) is 0. The molecule has 0 unspecified atom stereocenters. The lowest BCUT2D eigenvalue weighted by atomic mass is 10.0. The summed E-state index contributed by atoms with van der Waals surface area (Å²) in [4.78, 5) is 2.49. The minimum absolute atomic E-state index is 0.0889. The van der Waals surface area contributed by atoms with Gasteiger partial charge in [-0.1, -0.05) is 12.1 Å². The number of hydrogen-bond donors (Lipinski definition) is 2. The fourth-order valence-electron chi connectivity index (χ4n) is 3.64. The standard InChI is InChI=1S/C18H25N3O/c19-12-14-1-3-15(4-2-14)13-21-9-7-16(8-10-21)20-17-5-6-18(22)11-17/h1-4,16-18,20,22H,5-11,13H2/t17-,18+/m0/s1. The molecule has 118 valence electrons. The molecular formula is C18H25N3O. The summed E-state index contributed by atoms with van der Waals surface area (Å²) >= 11 is 0. The van der Waals surface area contributed by atoms with Gasteiger partial charge in [0.2, 0.25) is 0 Å². The number of hydrogen-bond acceptors (Lipinski definition) is 4. The fraction of sp³-hybridized carbons (Fsp3) is 0.611. The van der Waals surface area contributed by atoms with E-state index in [1.165, 1.54) is 18.4 Å². The number of nitriles is 1. The van der Waals surface area contributed by atoms with Gasteiger partial charge in [-0.05, 0) is 62.9 Å². The minimum atomic E-state index is -0.0889. The zero-order valence-corrected chi connectivity index (χ0v) is 13.0. The van der Waals surface area contributed by atoms with Crippen LogP contribution >= 0.6 is 0 Å². The van der Waals surface area contributed by atoms with Crippen LogP contribution in [0.3, 0.4) is 0 Å². The topological polar surface area (TPSA) is 59.3 Å². The molecule has 1 aliphatic heterocycles. The molecular weight excluding hydrogens is 274 g/mol. The van der Waals surface area contributed by atoms with Crippen LogP contribution in [0.1, 0.15) is 43.2 Å². The molecule has 1 saturated carbocycles. The Morgan fingerprint density at radius 3 is 2.41 bits per heavy atom. The first kappa shape index (κ1) is 15.5. The molecule has 0 aromatic heterocycles. The van der Waals surface area contributed by atoms with Gasteiger partial charge in [-0.25, -0.2) is 0 Å². The van der Waals surface area contributed by atoms with Crippen LogP contribution in [0, 0.1) is 11.3 Å². The third-order valence-corrected chi connectivity index (χ3v) is 4.95. The van der Waals surface area contributed by atoms with E-state index in [1.807, 2.05) is 12.1 Å². The number of nitrogens with zero attached hydrogens (tertiary/aromatic N) is 2. The van der Waals surface area contributed by atoms with Gasteiger partial charge in [0, 0.05) is 18.6 Å². The summed E-state index contributed by atoms with van der Waals surface area (Å²) in [5.41, 5.74) is 2.01. The Bertz CT molecular complexity index is 514. The second-order valence-corrected chi connectivity index (χ2v) is 6.69. The summed E-state index contributed by atoms with van der Waals surface area (Å²) in [5.74, 6) is 0. The van der Waals surface area contributed by atoms with Gasteiger partial charge < -0.3 is 10.4 Å². The van der Waals surface area contributed by atoms with Gasteiger partial charge in [-0.15, -0.1) is 0 Å². The van der Waals surface area contributed by atoms with Crippen molar-refractivity contribution in [2.45, 2.75) is 56.8 Å². The van der Waals surface area contributed by atoms with Gasteiger partial charge in [0.1, 0.15) is 0 Å². The lowest BCUT2D eigenvalue weighted by Gasteiger charge is -2.34. The van der Waals surface area contributed by atoms with Crippen LogP contribution in [-0.4, -0.2) is 41.3 Å². The molecule has 0 radical (unpaired) electrons. The van der Waals surface area contributed by atoms with Crippen molar-refractivity contribution in [3.63, 3.8) is 0 Å². The SMILES string of the molecule is N#Cc1ccc(CN2CCC(N[C@H]3CC[C@@H](O)C3)CC2)cc1. The number of aliphatic hydroxyl groups is 1. The molecule has 2 N–H and O–H groups in total. The van der Waals surface area contributed by atoms with E-state index in [0.717, 1.165) is 44.5 Å². The molecule has 0 bridgehead atoms. The van der Waals surface area contributed by atoms with Gasteiger partial charge in [-0.3, -0.25) is 4.90 Å². The highest BCUT2D eigenvalue weighted by molar-refractivity contribution is 5.31. The molecule has 4 nitrogen and oxygen atoms in total. The molecule has 22 heavy (non-hydrogen) atoms. The number of piperidine rings is 1. The van der Waals surface area contributed by atoms with E-state index >= 15 is 0 Å². The van der Waals surface area contributed by atoms with Crippen molar-refractivity contribution in [2.75, 3.05) is 13.1 Å². The van der Waals surface area contributed by atoms with Crippen molar-refractivity contribution in [1.29, 1.82) is 5.26 Å². The highest BCUT2D eigenvalue weighted by Crippen LogP contribution is 2.21. The molecule has 0 spiro atoms. The van der Waals surface area contributed by atoms with Gasteiger partial charge in [0.05, 0.1) is 17.7 Å². The van der Waals surface area contributed by atoms with Crippen molar-refractivity contribution in [3.05, 3.63) is 35.4 Å². The Labute approximate surface area is 132 Å². The monoisotopic (exact) mass is 299 g/mol. The number of nitrogens with one attached hydrogen (secondary N) is 1. The van der Waals surface area contributed by atoms with Gasteiger partial charge in [0.25, 0.3) is 0 Å². The zero-order chi connectivity index (χ0) is 15.4. The van der Waals surface area contributed by atoms with Crippen LogP contribution in [-0.2, 0) is 6.54 Å². The summed E-state index contributed by atoms with van der Waals surface area (Å²) < 4.78 is 0. The van der Waals surface area contributed by atoms with Gasteiger partial charge in [-0.2, -0.15) is 5.26 Å². The van der Waals surface area contributed by atoms with Crippen LogP contribution < -0.4 is 5.32 Å². The minimum Gasteiger partial charge on any atom is -0.393 e. The van der Waals surface area contributed by atoms with E-state index < -0.39 is 0 Å². The largest absolute Gasteiger partial charge is 0.393 e. The number of likely N-dealkylation sites (tertiary alicyclic amines) is 1. The maximum absolute atomic E-state index is 9.60. The Morgan fingerprint density at radius 2 is 1.82 bits per heavy atom. The maximum atomic E-state index is 9.60. The summed E-state index contributed by atoms with van der Waals surface area (Å²) in [6.45, 7) is 3.21. The van der Waals surface area contributed by atoms with E-state index in [-0.39, 0.29) is 6.10 Å². The molecule has 1 heterocycles. The van der Waals surface area contributed by atoms with Crippen molar-refractivity contribution in [2.24, 2.45) is 0 Å². The average molecular weight is 299 g/mol. The first-order chi connectivity index (χ1) is 10.7. The zero-order valence-electron chi connectivity index (χ0n) is 13.0. The lowest BCUT2D eigenvalue weighted by molar-refractivity contribution is 0.168. The number of rotatable bonds is 4. The smallest absolute Gasteiger partial charge is 0.0991 e. The van der Waals surface area contributed by atoms with E-state index in [9.17, 15) is 5.11 Å². The molecule has 1 saturated heterocycles. The van der Waals surface area contributed by atoms with Gasteiger partial charge >= 0.3 is 0 Å². The molecule has 0 amide bonds. The molecule has 3 rings (SSSR count). The predicted molar refractivity (Wildman–Crippen MR) is 86.2 cm³/mol. The van der Waals surface area contributed by atoms with Crippen molar-refractivity contribution in [1.82, 2.24) is 10.2 Å². The highest BCUT2D eigenvalue weighted by Gasteiger charge is 2.26. The second kappa shape index (κ2) is 7.23. The molecule has 2 aliphatic rings. The van der Waals surface area contributed by atoms with E-state index in [2.05, 4.69) is 28.4 Å². The van der Waals surface area contributed by atoms with Crippen LogP contribution in [0.4, 0.5) is 0 Å². The average Bonchev–Trinajstić information content (AvgIpc) is 2.95. The Hall–Kier alpha value is -1.41. The van der Waals surface area contributed by atoms with E-state index in [4.69, 9.17) is 5.26 Å². The second-order valence-electron chi connectivity index (χ2n) is 6.69. The molecule has 2 fully saturated rings. The predicted octanol–water partition coefficient (Wildman–Crippen LogP) is 2.03. The van der Waals surface area contributed by atoms with Crippen molar-refractivity contribution >= 4 is 0 Å². The third kappa shape index (κ3) is 4.07. The fourth-order valence-corrected chi connectivity index (χ4v) is 3.64. The van der Waals surface area contributed by atoms with Crippen LogP contribution in [0.25, 0.3) is 0 Å². The Morgan fingerprint density at radius 1 is 1.09 bits per heavy atom. The Kier molecular flexibility index (Phi) is 5.09. The van der Waals surface area contributed by atoms with Crippen molar-refractivity contribution < 1.29 is 5.11 Å².